The van der Waals surface area contributed by atoms with E-state index in [1.165, 1.54) is 22.7 Å². The summed E-state index contributed by atoms with van der Waals surface area (Å²) in [6.07, 6.45) is 7.11. The second-order valence-electron chi connectivity index (χ2n) is 5.14. The van der Waals surface area contributed by atoms with Crippen molar-refractivity contribution in [3.05, 3.63) is 83.1 Å². The standard InChI is InChI=1S/C19H12N2OS2/c22-19(17-7-5-15(23-17)13-3-1-9-20-11-13)18-8-6-16(24-18)14-4-2-10-21-12-14/h1-12H. The molecule has 4 aromatic heterocycles. The van der Waals surface area contributed by atoms with E-state index in [4.69, 9.17) is 0 Å². The lowest BCUT2D eigenvalue weighted by atomic mass is 10.2. The molecule has 116 valence electrons. The molecular formula is C19H12N2OS2. The molecular weight excluding hydrogens is 336 g/mol. The molecule has 0 aromatic carbocycles. The van der Waals surface area contributed by atoms with E-state index in [0.717, 1.165) is 30.6 Å². The quantitative estimate of drug-likeness (QED) is 0.478. The van der Waals surface area contributed by atoms with E-state index in [-0.39, 0.29) is 5.78 Å². The summed E-state index contributed by atoms with van der Waals surface area (Å²) in [6, 6.07) is 15.5. The lowest BCUT2D eigenvalue weighted by Gasteiger charge is -1.96. The average molecular weight is 348 g/mol. The van der Waals surface area contributed by atoms with Crippen LogP contribution < -0.4 is 0 Å². The van der Waals surface area contributed by atoms with E-state index in [1.807, 2.05) is 60.9 Å². The van der Waals surface area contributed by atoms with Gasteiger partial charge in [-0.15, -0.1) is 22.7 Å². The summed E-state index contributed by atoms with van der Waals surface area (Å²) in [5, 5.41) is 0. The van der Waals surface area contributed by atoms with Gasteiger partial charge in [-0.1, -0.05) is 12.1 Å². The molecule has 0 amide bonds. The van der Waals surface area contributed by atoms with Crippen LogP contribution in [0.1, 0.15) is 14.5 Å². The van der Waals surface area contributed by atoms with Gasteiger partial charge in [-0.25, -0.2) is 0 Å². The van der Waals surface area contributed by atoms with Crippen molar-refractivity contribution in [1.82, 2.24) is 9.97 Å². The Hall–Kier alpha value is -2.63. The fourth-order valence-corrected chi connectivity index (χ4v) is 4.33. The van der Waals surface area contributed by atoms with E-state index >= 15 is 0 Å². The molecule has 0 aliphatic carbocycles. The van der Waals surface area contributed by atoms with Gasteiger partial charge < -0.3 is 0 Å². The van der Waals surface area contributed by atoms with E-state index in [1.54, 1.807) is 12.4 Å². The summed E-state index contributed by atoms with van der Waals surface area (Å²) in [5.41, 5.74) is 2.06. The number of pyridine rings is 2. The number of rotatable bonds is 4. The van der Waals surface area contributed by atoms with Crippen LogP contribution in [0.15, 0.2) is 73.3 Å². The highest BCUT2D eigenvalue weighted by molar-refractivity contribution is 7.20. The summed E-state index contributed by atoms with van der Waals surface area (Å²) < 4.78 is 0. The average Bonchev–Trinajstić information content (AvgIpc) is 3.33. The largest absolute Gasteiger partial charge is 0.287 e. The molecule has 4 rings (SSSR count). The Morgan fingerprint density at radius 2 is 1.21 bits per heavy atom. The molecule has 4 heterocycles. The number of thiophene rings is 2. The molecule has 4 aromatic rings. The molecule has 0 unspecified atom stereocenters. The summed E-state index contributed by atoms with van der Waals surface area (Å²) in [7, 11) is 0. The number of hydrogen-bond donors (Lipinski definition) is 0. The monoisotopic (exact) mass is 348 g/mol. The van der Waals surface area contributed by atoms with Crippen molar-refractivity contribution in [2.75, 3.05) is 0 Å². The molecule has 0 atom stereocenters. The van der Waals surface area contributed by atoms with Crippen molar-refractivity contribution in [2.45, 2.75) is 0 Å². The molecule has 0 saturated heterocycles. The van der Waals surface area contributed by atoms with Crippen molar-refractivity contribution in [3.63, 3.8) is 0 Å². The number of aromatic nitrogens is 2. The highest BCUT2D eigenvalue weighted by Gasteiger charge is 2.15. The first kappa shape index (κ1) is 14.9. The normalized spacial score (nSPS) is 10.7. The SMILES string of the molecule is O=C(c1ccc(-c2cccnc2)s1)c1ccc(-c2cccnc2)s1. The Balaban J connectivity index is 1.61. The molecule has 0 N–H and O–H groups in total. The summed E-state index contributed by atoms with van der Waals surface area (Å²) in [5.74, 6) is 0.0651. The van der Waals surface area contributed by atoms with Gasteiger partial charge in [-0.05, 0) is 36.4 Å². The Morgan fingerprint density at radius 3 is 1.62 bits per heavy atom. The second-order valence-corrected chi connectivity index (χ2v) is 7.31. The van der Waals surface area contributed by atoms with Gasteiger partial charge in [0.25, 0.3) is 0 Å². The highest BCUT2D eigenvalue weighted by atomic mass is 32.1. The van der Waals surface area contributed by atoms with Gasteiger partial charge in [0.2, 0.25) is 5.78 Å². The molecule has 0 bridgehead atoms. The Labute approximate surface area is 147 Å². The predicted octanol–water partition coefficient (Wildman–Crippen LogP) is 5.16. The van der Waals surface area contributed by atoms with E-state index in [2.05, 4.69) is 9.97 Å². The number of hydrogen-bond acceptors (Lipinski definition) is 5. The van der Waals surface area contributed by atoms with Crippen molar-refractivity contribution < 1.29 is 4.79 Å². The molecule has 0 spiro atoms. The lowest BCUT2D eigenvalue weighted by Crippen LogP contribution is -1.93. The van der Waals surface area contributed by atoms with E-state index in [0.29, 0.717) is 0 Å². The van der Waals surface area contributed by atoms with Crippen LogP contribution in [0, 0.1) is 0 Å². The van der Waals surface area contributed by atoms with Gasteiger partial charge in [0.1, 0.15) is 0 Å². The molecule has 0 saturated carbocycles. The van der Waals surface area contributed by atoms with Crippen LogP contribution in [0.4, 0.5) is 0 Å². The molecule has 0 fully saturated rings. The van der Waals surface area contributed by atoms with Crippen LogP contribution in [-0.4, -0.2) is 15.8 Å². The van der Waals surface area contributed by atoms with Crippen LogP contribution in [0.5, 0.6) is 0 Å². The molecule has 3 nitrogen and oxygen atoms in total. The summed E-state index contributed by atoms with van der Waals surface area (Å²) >= 11 is 3.00. The molecule has 0 aliphatic rings. The fraction of sp³-hybridized carbons (Fsp3) is 0. The van der Waals surface area contributed by atoms with Gasteiger partial charge >= 0.3 is 0 Å². The summed E-state index contributed by atoms with van der Waals surface area (Å²) in [6.45, 7) is 0. The van der Waals surface area contributed by atoms with Crippen LogP contribution in [-0.2, 0) is 0 Å². The Kier molecular flexibility index (Phi) is 4.02. The minimum atomic E-state index is 0.0651. The summed E-state index contributed by atoms with van der Waals surface area (Å²) in [4.78, 5) is 24.6. The topological polar surface area (TPSA) is 42.9 Å². The van der Waals surface area contributed by atoms with Crippen molar-refractivity contribution in [2.24, 2.45) is 0 Å². The van der Waals surface area contributed by atoms with E-state index < -0.39 is 0 Å². The number of nitrogens with zero attached hydrogens (tertiary/aromatic N) is 2. The zero-order valence-corrected chi connectivity index (χ0v) is 14.2. The van der Waals surface area contributed by atoms with Crippen molar-refractivity contribution >= 4 is 28.5 Å². The maximum Gasteiger partial charge on any atom is 0.212 e. The predicted molar refractivity (Wildman–Crippen MR) is 98.5 cm³/mol. The molecule has 24 heavy (non-hydrogen) atoms. The lowest BCUT2D eigenvalue weighted by molar-refractivity contribution is 0.104. The maximum absolute atomic E-state index is 12.7. The third-order valence-electron chi connectivity index (χ3n) is 3.55. The minimum Gasteiger partial charge on any atom is -0.287 e. The molecule has 5 heteroatoms. The van der Waals surface area contributed by atoms with Crippen LogP contribution in [0.3, 0.4) is 0 Å². The highest BCUT2D eigenvalue weighted by Crippen LogP contribution is 2.32. The van der Waals surface area contributed by atoms with Crippen LogP contribution in [0.2, 0.25) is 0 Å². The van der Waals surface area contributed by atoms with Gasteiger partial charge in [-0.2, -0.15) is 0 Å². The van der Waals surface area contributed by atoms with Crippen molar-refractivity contribution in [1.29, 1.82) is 0 Å². The minimum absolute atomic E-state index is 0.0651. The number of carbonyl (C=O) groups excluding carboxylic acids is 1. The first-order valence-electron chi connectivity index (χ1n) is 7.36. The van der Waals surface area contributed by atoms with Crippen LogP contribution in [0.25, 0.3) is 20.9 Å². The van der Waals surface area contributed by atoms with Gasteiger partial charge in [0.15, 0.2) is 0 Å². The van der Waals surface area contributed by atoms with Crippen molar-refractivity contribution in [3.8, 4) is 20.9 Å². The molecule has 0 aliphatic heterocycles. The Morgan fingerprint density at radius 1 is 0.708 bits per heavy atom. The Bertz CT molecular complexity index is 895. The third kappa shape index (κ3) is 2.91. The van der Waals surface area contributed by atoms with Gasteiger partial charge in [-0.3, -0.25) is 14.8 Å². The molecule has 0 radical (unpaired) electrons. The third-order valence-corrected chi connectivity index (χ3v) is 5.82. The number of carbonyl (C=O) groups is 1. The maximum atomic E-state index is 12.7. The zero-order chi connectivity index (χ0) is 16.4. The second kappa shape index (κ2) is 6.47. The number of ketones is 1. The van der Waals surface area contributed by atoms with E-state index in [9.17, 15) is 4.79 Å². The fourth-order valence-electron chi connectivity index (χ4n) is 2.37. The first-order chi connectivity index (χ1) is 11.8. The smallest absolute Gasteiger partial charge is 0.212 e. The van der Waals surface area contributed by atoms with Crippen LogP contribution >= 0.6 is 22.7 Å². The van der Waals surface area contributed by atoms with Gasteiger partial charge in [0, 0.05) is 45.7 Å². The zero-order valence-electron chi connectivity index (χ0n) is 12.5. The first-order valence-corrected chi connectivity index (χ1v) is 9.00. The van der Waals surface area contributed by atoms with Gasteiger partial charge in [0.05, 0.1) is 9.75 Å².